The zero-order valence-corrected chi connectivity index (χ0v) is 22.6. The average molecular weight is 585 g/mol. The van der Waals surface area contributed by atoms with Crippen LogP contribution in [-0.4, -0.2) is 84.6 Å². The Labute approximate surface area is 226 Å². The van der Waals surface area contributed by atoms with Gasteiger partial charge in [0.05, 0.1) is 12.1 Å². The van der Waals surface area contributed by atoms with Gasteiger partial charge in [0.25, 0.3) is 11.8 Å². The standard InChI is InChI=1S/C20H20N6O7S4/c1-7-10(3-11(27)28)37-20(22-7)36-5-8-4-34-17-13(16(30)26(17)14(8)18(31)32)24-15(29)12(25-33-2)9-6-35-19(21)23-9/h6,13,17H,3-5H2,1-2H3,(H2,21,23)(H,24,29)(H,27,28)(H,31,32)/b25-12-/t13-,17+/m1/s1. The lowest BCUT2D eigenvalue weighted by Crippen LogP contribution is -2.71. The van der Waals surface area contributed by atoms with Crippen LogP contribution in [0, 0.1) is 6.92 Å². The van der Waals surface area contributed by atoms with E-state index in [1.807, 2.05) is 0 Å². The van der Waals surface area contributed by atoms with E-state index in [1.54, 1.807) is 6.92 Å². The molecule has 2 atom stereocenters. The lowest BCUT2D eigenvalue weighted by atomic mass is 10.0. The molecule has 5 N–H and O–H groups in total. The summed E-state index contributed by atoms with van der Waals surface area (Å²) in [7, 11) is 1.26. The van der Waals surface area contributed by atoms with Crippen LogP contribution < -0.4 is 11.1 Å². The highest BCUT2D eigenvalue weighted by Gasteiger charge is 2.54. The Hall–Kier alpha value is -3.15. The van der Waals surface area contributed by atoms with Crippen LogP contribution in [0.4, 0.5) is 5.13 Å². The molecule has 37 heavy (non-hydrogen) atoms. The summed E-state index contributed by atoms with van der Waals surface area (Å²) in [4.78, 5) is 63.9. The van der Waals surface area contributed by atoms with Gasteiger partial charge in [0.1, 0.15) is 29.9 Å². The number of carbonyl (C=O) groups excluding carboxylic acids is 2. The van der Waals surface area contributed by atoms with Crippen LogP contribution in [0.25, 0.3) is 0 Å². The van der Waals surface area contributed by atoms with E-state index in [0.29, 0.717) is 26.2 Å². The smallest absolute Gasteiger partial charge is 0.352 e. The number of thioether (sulfide) groups is 2. The third-order valence-electron chi connectivity index (χ3n) is 5.25. The van der Waals surface area contributed by atoms with Crippen molar-refractivity contribution in [3.05, 3.63) is 32.9 Å². The molecule has 4 heterocycles. The summed E-state index contributed by atoms with van der Waals surface area (Å²) < 4.78 is 0.617. The highest BCUT2D eigenvalue weighted by atomic mass is 32.2. The molecule has 1 saturated heterocycles. The van der Waals surface area contributed by atoms with E-state index in [-0.39, 0.29) is 34.4 Å². The van der Waals surface area contributed by atoms with Gasteiger partial charge in [0.2, 0.25) is 0 Å². The molecule has 196 valence electrons. The van der Waals surface area contributed by atoms with Crippen LogP contribution in [0.5, 0.6) is 0 Å². The second-order valence-electron chi connectivity index (χ2n) is 7.66. The molecule has 4 rings (SSSR count). The summed E-state index contributed by atoms with van der Waals surface area (Å²) in [5.41, 5.74) is 6.70. The summed E-state index contributed by atoms with van der Waals surface area (Å²) in [6.07, 6.45) is -0.132. The maximum absolute atomic E-state index is 13.0. The number of fused-ring (bicyclic) bond motifs is 1. The number of β-lactam (4-membered cyclic amide) rings is 1. The van der Waals surface area contributed by atoms with Crippen LogP contribution >= 0.6 is 46.2 Å². The number of aliphatic carboxylic acids is 2. The molecular formula is C20H20N6O7S4. The number of carboxylic acids is 2. The molecular weight excluding hydrogens is 565 g/mol. The van der Waals surface area contributed by atoms with Gasteiger partial charge in [0.15, 0.2) is 15.2 Å². The molecule has 0 spiro atoms. The van der Waals surface area contributed by atoms with E-state index in [9.17, 15) is 24.3 Å². The van der Waals surface area contributed by atoms with Gasteiger partial charge < -0.3 is 26.1 Å². The minimum atomic E-state index is -1.25. The van der Waals surface area contributed by atoms with Crippen molar-refractivity contribution in [1.82, 2.24) is 20.2 Å². The van der Waals surface area contributed by atoms with Crippen LogP contribution in [0.15, 0.2) is 26.1 Å². The number of oxime groups is 1. The molecule has 2 aromatic rings. The highest BCUT2D eigenvalue weighted by molar-refractivity contribution is 8.01. The summed E-state index contributed by atoms with van der Waals surface area (Å²) in [5, 5.41) is 26.3. The SMILES string of the molecule is CO/N=C(\C(=O)N[C@@H]1C(=O)N2C(C(=O)O)=C(CSc3nc(C)c(CC(=O)O)s3)CS[C@@H]12)c1csc(N)n1. The van der Waals surface area contributed by atoms with Crippen LogP contribution in [-0.2, 0) is 30.4 Å². The highest BCUT2D eigenvalue weighted by Crippen LogP contribution is 2.42. The van der Waals surface area contributed by atoms with Crippen molar-refractivity contribution >= 4 is 80.8 Å². The first kappa shape index (κ1) is 26.9. The van der Waals surface area contributed by atoms with Crippen LogP contribution in [0.2, 0.25) is 0 Å². The second kappa shape index (κ2) is 11.1. The van der Waals surface area contributed by atoms with E-state index in [0.717, 1.165) is 11.3 Å². The zero-order valence-electron chi connectivity index (χ0n) is 19.3. The second-order valence-corrected chi connectivity index (χ2v) is 12.0. The molecule has 0 bridgehead atoms. The van der Waals surface area contributed by atoms with Crippen LogP contribution in [0.3, 0.4) is 0 Å². The van der Waals surface area contributed by atoms with E-state index in [1.165, 1.54) is 52.3 Å². The van der Waals surface area contributed by atoms with Crippen molar-refractivity contribution in [2.24, 2.45) is 5.16 Å². The Morgan fingerprint density at radius 3 is 2.73 bits per heavy atom. The Bertz CT molecular complexity index is 1340. The maximum Gasteiger partial charge on any atom is 0.352 e. The van der Waals surface area contributed by atoms with Crippen LogP contribution in [0.1, 0.15) is 16.3 Å². The van der Waals surface area contributed by atoms with Gasteiger partial charge in [-0.2, -0.15) is 0 Å². The number of anilines is 1. The average Bonchev–Trinajstić information content (AvgIpc) is 3.42. The predicted octanol–water partition coefficient (Wildman–Crippen LogP) is 0.999. The van der Waals surface area contributed by atoms with Gasteiger partial charge in [-0.05, 0) is 12.5 Å². The Kier molecular flexibility index (Phi) is 8.05. The van der Waals surface area contributed by atoms with Gasteiger partial charge in [-0.15, -0.1) is 34.4 Å². The van der Waals surface area contributed by atoms with E-state index >= 15 is 0 Å². The fourth-order valence-corrected chi connectivity index (χ4v) is 7.87. The van der Waals surface area contributed by atoms with Crippen molar-refractivity contribution in [1.29, 1.82) is 0 Å². The fourth-order valence-electron chi connectivity index (χ4n) is 3.61. The lowest BCUT2D eigenvalue weighted by molar-refractivity contribution is -0.150. The third-order valence-corrected chi connectivity index (χ3v) is 9.65. The fraction of sp³-hybridized carbons (Fsp3) is 0.350. The number of nitrogens with one attached hydrogen (secondary N) is 1. The number of aromatic nitrogens is 2. The largest absolute Gasteiger partial charge is 0.481 e. The topological polar surface area (TPSA) is 197 Å². The molecule has 13 nitrogen and oxygen atoms in total. The number of carbonyl (C=O) groups is 4. The Morgan fingerprint density at radius 2 is 2.11 bits per heavy atom. The molecule has 0 saturated carbocycles. The molecule has 2 aliphatic rings. The molecule has 0 aliphatic carbocycles. The summed E-state index contributed by atoms with van der Waals surface area (Å²) >= 11 is 4.98. The van der Waals surface area contributed by atoms with E-state index < -0.39 is 35.2 Å². The number of carboxylic acid groups (broad SMARTS) is 2. The van der Waals surface area contributed by atoms with Crippen molar-refractivity contribution < 1.29 is 34.2 Å². The quantitative estimate of drug-likeness (QED) is 0.134. The monoisotopic (exact) mass is 584 g/mol. The zero-order chi connectivity index (χ0) is 26.9. The number of nitrogens with zero attached hydrogens (tertiary/aromatic N) is 4. The molecule has 17 heteroatoms. The molecule has 2 aromatic heterocycles. The number of hydrogen-bond donors (Lipinski definition) is 4. The Morgan fingerprint density at radius 1 is 1.35 bits per heavy atom. The first-order valence-corrected chi connectivity index (χ1v) is 14.2. The molecule has 0 aromatic carbocycles. The number of nitrogens with two attached hydrogens (primary N) is 1. The number of hydrogen-bond acceptors (Lipinski definition) is 13. The summed E-state index contributed by atoms with van der Waals surface area (Å²) in [6, 6.07) is -0.959. The molecule has 2 amide bonds. The predicted molar refractivity (Wildman–Crippen MR) is 139 cm³/mol. The van der Waals surface area contributed by atoms with Gasteiger partial charge in [-0.1, -0.05) is 16.9 Å². The van der Waals surface area contributed by atoms with E-state index in [4.69, 9.17) is 15.7 Å². The first-order valence-electron chi connectivity index (χ1n) is 10.4. The molecule has 2 aliphatic heterocycles. The van der Waals surface area contributed by atoms with Gasteiger partial charge >= 0.3 is 11.9 Å². The number of rotatable bonds is 10. The Balaban J connectivity index is 1.47. The summed E-state index contributed by atoms with van der Waals surface area (Å²) in [5.74, 6) is -2.89. The lowest BCUT2D eigenvalue weighted by Gasteiger charge is -2.49. The normalized spacial score (nSPS) is 19.4. The minimum Gasteiger partial charge on any atom is -0.481 e. The van der Waals surface area contributed by atoms with Crippen molar-refractivity contribution in [3.8, 4) is 0 Å². The molecule has 0 radical (unpaired) electrons. The number of thiazole rings is 2. The number of aryl methyl sites for hydroxylation is 1. The molecule has 0 unspecified atom stereocenters. The van der Waals surface area contributed by atoms with Gasteiger partial charge in [-0.3, -0.25) is 19.3 Å². The van der Waals surface area contributed by atoms with E-state index in [2.05, 4.69) is 20.4 Å². The maximum atomic E-state index is 13.0. The van der Waals surface area contributed by atoms with Crippen molar-refractivity contribution in [2.45, 2.75) is 29.1 Å². The summed E-state index contributed by atoms with van der Waals surface area (Å²) in [6.45, 7) is 1.72. The van der Waals surface area contributed by atoms with Gasteiger partial charge in [-0.25, -0.2) is 14.8 Å². The minimum absolute atomic E-state index is 0.121. The first-order chi connectivity index (χ1) is 17.6. The molecule has 1 fully saturated rings. The van der Waals surface area contributed by atoms with Crippen molar-refractivity contribution in [3.63, 3.8) is 0 Å². The third kappa shape index (κ3) is 5.58. The van der Waals surface area contributed by atoms with Crippen molar-refractivity contribution in [2.75, 3.05) is 24.3 Å². The number of amides is 2. The number of nitrogen functional groups attached to an aromatic ring is 1. The van der Waals surface area contributed by atoms with Gasteiger partial charge in [0, 0.05) is 21.8 Å².